The van der Waals surface area contributed by atoms with E-state index in [2.05, 4.69) is 11.0 Å². The summed E-state index contributed by atoms with van der Waals surface area (Å²) in [7, 11) is 0. The molecule has 3 heterocycles. The van der Waals surface area contributed by atoms with Gasteiger partial charge in [0.1, 0.15) is 17.1 Å². The predicted molar refractivity (Wildman–Crippen MR) is 102 cm³/mol. The van der Waals surface area contributed by atoms with E-state index in [4.69, 9.17) is 13.3 Å². The van der Waals surface area contributed by atoms with Crippen molar-refractivity contribution in [1.82, 2.24) is 4.90 Å². The third-order valence-corrected chi connectivity index (χ3v) is 4.83. The summed E-state index contributed by atoms with van der Waals surface area (Å²) in [6, 6.07) is 13.3. The highest BCUT2D eigenvalue weighted by atomic mass is 16.4. The van der Waals surface area contributed by atoms with Crippen molar-refractivity contribution in [3.63, 3.8) is 0 Å². The molecule has 0 amide bonds. The van der Waals surface area contributed by atoms with E-state index in [1.165, 1.54) is 0 Å². The molecule has 1 aromatic carbocycles. The first-order valence-corrected chi connectivity index (χ1v) is 8.90. The van der Waals surface area contributed by atoms with Crippen molar-refractivity contribution in [3.8, 4) is 0 Å². The first-order chi connectivity index (χ1) is 13.1. The lowest BCUT2D eigenvalue weighted by atomic mass is 10.0. The van der Waals surface area contributed by atoms with Gasteiger partial charge in [-0.05, 0) is 54.8 Å². The van der Waals surface area contributed by atoms with Crippen LogP contribution in [0.3, 0.4) is 0 Å². The molecule has 27 heavy (non-hydrogen) atoms. The van der Waals surface area contributed by atoms with Crippen molar-refractivity contribution in [2.75, 3.05) is 0 Å². The van der Waals surface area contributed by atoms with Gasteiger partial charge in [0, 0.05) is 18.0 Å². The lowest BCUT2D eigenvalue weighted by molar-refractivity contribution is 0.210. The molecular weight excluding hydrogens is 342 g/mol. The minimum Gasteiger partial charge on any atom is -0.468 e. The normalized spacial score (nSPS) is 11.5. The van der Waals surface area contributed by atoms with Crippen molar-refractivity contribution in [3.05, 3.63) is 93.6 Å². The Hall–Kier alpha value is -3.05. The van der Waals surface area contributed by atoms with E-state index in [1.54, 1.807) is 18.6 Å². The van der Waals surface area contributed by atoms with Gasteiger partial charge in [0.2, 0.25) is 0 Å². The lowest BCUT2D eigenvalue weighted by Crippen LogP contribution is -2.23. The first-order valence-electron chi connectivity index (χ1n) is 8.90. The molecule has 0 aliphatic heterocycles. The average molecular weight is 363 g/mol. The van der Waals surface area contributed by atoms with Gasteiger partial charge in [-0.15, -0.1) is 0 Å². The fourth-order valence-electron chi connectivity index (χ4n) is 3.31. The molecule has 4 aromatic rings. The van der Waals surface area contributed by atoms with Crippen LogP contribution in [0.1, 0.15) is 28.2 Å². The molecular formula is C22H21NO4. The number of fused-ring (bicyclic) bond motifs is 1. The summed E-state index contributed by atoms with van der Waals surface area (Å²) in [5.41, 5.74) is 3.36. The van der Waals surface area contributed by atoms with Gasteiger partial charge in [-0.3, -0.25) is 4.90 Å². The largest absolute Gasteiger partial charge is 0.468 e. The number of furan rings is 2. The van der Waals surface area contributed by atoms with E-state index in [0.29, 0.717) is 25.2 Å². The molecule has 0 radical (unpaired) electrons. The van der Waals surface area contributed by atoms with Crippen molar-refractivity contribution in [1.29, 1.82) is 0 Å². The lowest BCUT2D eigenvalue weighted by Gasteiger charge is -2.21. The highest BCUT2D eigenvalue weighted by molar-refractivity contribution is 5.83. The number of hydrogen-bond acceptors (Lipinski definition) is 5. The maximum Gasteiger partial charge on any atom is 0.336 e. The second kappa shape index (κ2) is 7.29. The third-order valence-electron chi connectivity index (χ3n) is 4.83. The Kier molecular flexibility index (Phi) is 4.69. The molecule has 0 aliphatic rings. The summed E-state index contributed by atoms with van der Waals surface area (Å²) in [6.45, 7) is 5.79. The van der Waals surface area contributed by atoms with Crippen molar-refractivity contribution in [2.24, 2.45) is 0 Å². The van der Waals surface area contributed by atoms with Crippen LogP contribution in [0.4, 0.5) is 0 Å². The fourth-order valence-corrected chi connectivity index (χ4v) is 3.31. The monoisotopic (exact) mass is 363 g/mol. The Morgan fingerprint density at radius 3 is 2.15 bits per heavy atom. The van der Waals surface area contributed by atoms with Gasteiger partial charge in [0.15, 0.2) is 0 Å². The van der Waals surface area contributed by atoms with Crippen molar-refractivity contribution < 1.29 is 13.3 Å². The molecule has 5 heteroatoms. The second-order valence-corrected chi connectivity index (χ2v) is 6.78. The SMILES string of the molecule is Cc1ccc2c(CN(Cc3ccco3)Cc3ccco3)cc(=O)oc2c1C. The van der Waals surface area contributed by atoms with Crippen LogP contribution in [-0.2, 0) is 19.6 Å². The Balaban J connectivity index is 1.71. The summed E-state index contributed by atoms with van der Waals surface area (Å²) in [5.74, 6) is 1.72. The molecule has 3 aromatic heterocycles. The van der Waals surface area contributed by atoms with Crippen molar-refractivity contribution >= 4 is 11.0 Å². The molecule has 4 rings (SSSR count). The van der Waals surface area contributed by atoms with Crippen LogP contribution in [0.5, 0.6) is 0 Å². The molecule has 0 spiro atoms. The molecule has 0 saturated heterocycles. The maximum absolute atomic E-state index is 12.2. The molecule has 138 valence electrons. The Morgan fingerprint density at radius 2 is 1.56 bits per heavy atom. The molecule has 5 nitrogen and oxygen atoms in total. The van der Waals surface area contributed by atoms with Gasteiger partial charge in [-0.25, -0.2) is 4.79 Å². The summed E-state index contributed by atoms with van der Waals surface area (Å²) < 4.78 is 16.5. The minimum atomic E-state index is -0.331. The van der Waals surface area contributed by atoms with Crippen LogP contribution in [0, 0.1) is 13.8 Å². The minimum absolute atomic E-state index is 0.331. The smallest absolute Gasteiger partial charge is 0.336 e. The summed E-state index contributed by atoms with van der Waals surface area (Å²) in [5, 5.41) is 0.960. The quantitative estimate of drug-likeness (QED) is 0.461. The highest BCUT2D eigenvalue weighted by Crippen LogP contribution is 2.25. The average Bonchev–Trinajstić information content (AvgIpc) is 3.32. The topological polar surface area (TPSA) is 59.7 Å². The maximum atomic E-state index is 12.2. The first kappa shape index (κ1) is 17.4. The zero-order valence-corrected chi connectivity index (χ0v) is 15.4. The number of nitrogens with zero attached hydrogens (tertiary/aromatic N) is 1. The number of benzene rings is 1. The van der Waals surface area contributed by atoms with Crippen LogP contribution in [0.25, 0.3) is 11.0 Å². The van der Waals surface area contributed by atoms with Crippen LogP contribution in [0.15, 0.2) is 73.0 Å². The van der Waals surface area contributed by atoms with Gasteiger partial charge in [0.05, 0.1) is 25.6 Å². The molecule has 0 unspecified atom stereocenters. The number of rotatable bonds is 6. The van der Waals surface area contributed by atoms with Crippen molar-refractivity contribution in [2.45, 2.75) is 33.5 Å². The van der Waals surface area contributed by atoms with Gasteiger partial charge in [-0.2, -0.15) is 0 Å². The number of aryl methyl sites for hydroxylation is 2. The molecule has 0 bridgehead atoms. The third kappa shape index (κ3) is 3.73. The van der Waals surface area contributed by atoms with E-state index in [1.807, 2.05) is 44.2 Å². The standard InChI is InChI=1S/C22H21NO4/c1-15-7-8-20-17(11-21(24)27-22(20)16(15)2)12-23(13-18-5-3-9-25-18)14-19-6-4-10-26-19/h3-11H,12-14H2,1-2H3. The van der Waals surface area contributed by atoms with Gasteiger partial charge < -0.3 is 13.3 Å². The van der Waals surface area contributed by atoms with Crippen LogP contribution in [0.2, 0.25) is 0 Å². The van der Waals surface area contributed by atoms with E-state index >= 15 is 0 Å². The van der Waals surface area contributed by atoms with Gasteiger partial charge in [0.25, 0.3) is 0 Å². The zero-order chi connectivity index (χ0) is 18.8. The summed E-state index contributed by atoms with van der Waals surface area (Å²) in [4.78, 5) is 14.3. The van der Waals surface area contributed by atoms with E-state index in [0.717, 1.165) is 33.6 Å². The van der Waals surface area contributed by atoms with E-state index in [9.17, 15) is 4.79 Å². The van der Waals surface area contributed by atoms with Crippen LogP contribution < -0.4 is 5.63 Å². The fraction of sp³-hybridized carbons (Fsp3) is 0.227. The molecule has 0 fully saturated rings. The highest BCUT2D eigenvalue weighted by Gasteiger charge is 2.15. The Morgan fingerprint density at radius 1 is 0.889 bits per heavy atom. The molecule has 0 aliphatic carbocycles. The van der Waals surface area contributed by atoms with Crippen LogP contribution >= 0.6 is 0 Å². The second-order valence-electron chi connectivity index (χ2n) is 6.78. The summed E-state index contributed by atoms with van der Waals surface area (Å²) >= 11 is 0. The van der Waals surface area contributed by atoms with E-state index < -0.39 is 0 Å². The summed E-state index contributed by atoms with van der Waals surface area (Å²) in [6.07, 6.45) is 3.33. The molecule has 0 saturated carbocycles. The zero-order valence-electron chi connectivity index (χ0n) is 15.4. The molecule has 0 atom stereocenters. The Bertz CT molecular complexity index is 1060. The van der Waals surface area contributed by atoms with Gasteiger partial charge >= 0.3 is 5.63 Å². The van der Waals surface area contributed by atoms with Crippen LogP contribution in [-0.4, -0.2) is 4.90 Å². The number of hydrogen-bond donors (Lipinski definition) is 0. The Labute approximate surface area is 156 Å². The van der Waals surface area contributed by atoms with E-state index in [-0.39, 0.29) is 5.63 Å². The predicted octanol–water partition coefficient (Wildman–Crippen LogP) is 4.80. The molecule has 0 N–H and O–H groups in total. The van der Waals surface area contributed by atoms with Gasteiger partial charge in [-0.1, -0.05) is 12.1 Å².